The molecule has 0 fully saturated rings. The summed E-state index contributed by atoms with van der Waals surface area (Å²) in [5, 5.41) is 7.05. The van der Waals surface area contributed by atoms with Gasteiger partial charge in [0.1, 0.15) is 0 Å². The van der Waals surface area contributed by atoms with Crippen molar-refractivity contribution in [2.24, 2.45) is 0 Å². The van der Waals surface area contributed by atoms with E-state index in [9.17, 15) is 18.0 Å². The Balaban J connectivity index is 4.79. The van der Waals surface area contributed by atoms with Gasteiger partial charge in [-0.1, -0.05) is 0 Å². The number of sulfonamides is 1. The van der Waals surface area contributed by atoms with Crippen molar-refractivity contribution >= 4 is 21.9 Å². The molecule has 0 bridgehead atoms. The molecule has 0 aliphatic heterocycles. The van der Waals surface area contributed by atoms with E-state index in [1.54, 1.807) is 0 Å². The minimum absolute atomic E-state index is 0.368. The monoisotopic (exact) mass is 252 g/mol. The van der Waals surface area contributed by atoms with E-state index >= 15 is 0 Å². The zero-order valence-electron chi connectivity index (χ0n) is 9.67. The SMILES string of the molecule is CC(C(=O)O)S(=O)(=O)N(C)CC(=O)N(C)C. The Morgan fingerprint density at radius 3 is 2.00 bits per heavy atom. The second kappa shape index (κ2) is 5.26. The highest BCUT2D eigenvalue weighted by molar-refractivity contribution is 7.90. The first-order valence-corrected chi connectivity index (χ1v) is 5.99. The van der Waals surface area contributed by atoms with Crippen LogP contribution >= 0.6 is 0 Å². The van der Waals surface area contributed by atoms with Crippen molar-refractivity contribution in [3.05, 3.63) is 0 Å². The van der Waals surface area contributed by atoms with Crippen LogP contribution in [0.4, 0.5) is 0 Å². The third kappa shape index (κ3) is 3.46. The maximum absolute atomic E-state index is 11.6. The molecular formula is C8H16N2O5S. The highest BCUT2D eigenvalue weighted by Crippen LogP contribution is 2.07. The summed E-state index contributed by atoms with van der Waals surface area (Å²) < 4.78 is 24.0. The number of amides is 1. The van der Waals surface area contributed by atoms with Crippen molar-refractivity contribution in [1.29, 1.82) is 0 Å². The van der Waals surface area contributed by atoms with E-state index in [-0.39, 0.29) is 6.54 Å². The van der Waals surface area contributed by atoms with Crippen LogP contribution in [0.2, 0.25) is 0 Å². The molecule has 0 aromatic heterocycles. The van der Waals surface area contributed by atoms with Gasteiger partial charge in [0, 0.05) is 21.1 Å². The third-order valence-electron chi connectivity index (χ3n) is 2.09. The predicted molar refractivity (Wildman–Crippen MR) is 57.3 cm³/mol. The summed E-state index contributed by atoms with van der Waals surface area (Å²) >= 11 is 0. The number of carbonyl (C=O) groups is 2. The van der Waals surface area contributed by atoms with Gasteiger partial charge in [-0.2, -0.15) is 4.31 Å². The number of hydrogen-bond acceptors (Lipinski definition) is 4. The van der Waals surface area contributed by atoms with E-state index in [0.717, 1.165) is 11.2 Å². The lowest BCUT2D eigenvalue weighted by Gasteiger charge is -2.20. The molecule has 8 heteroatoms. The molecule has 0 radical (unpaired) electrons. The van der Waals surface area contributed by atoms with E-state index in [1.807, 2.05) is 0 Å². The van der Waals surface area contributed by atoms with E-state index < -0.39 is 27.1 Å². The molecule has 0 saturated carbocycles. The van der Waals surface area contributed by atoms with Crippen LogP contribution in [-0.4, -0.2) is 67.5 Å². The van der Waals surface area contributed by atoms with Gasteiger partial charge in [-0.3, -0.25) is 9.59 Å². The van der Waals surface area contributed by atoms with Gasteiger partial charge < -0.3 is 10.0 Å². The van der Waals surface area contributed by atoms with Gasteiger partial charge in [-0.05, 0) is 6.92 Å². The first-order chi connectivity index (χ1) is 7.10. The molecule has 7 nitrogen and oxygen atoms in total. The number of carboxylic acid groups (broad SMARTS) is 1. The van der Waals surface area contributed by atoms with Crippen LogP contribution in [0, 0.1) is 0 Å². The zero-order chi connectivity index (χ0) is 13.1. The van der Waals surface area contributed by atoms with Crippen molar-refractivity contribution in [2.45, 2.75) is 12.2 Å². The first-order valence-electron chi connectivity index (χ1n) is 4.48. The molecule has 1 N–H and O–H groups in total. The number of carbonyl (C=O) groups excluding carboxylic acids is 1. The van der Waals surface area contributed by atoms with Crippen LogP contribution in [0.15, 0.2) is 0 Å². The van der Waals surface area contributed by atoms with Crippen molar-refractivity contribution in [3.8, 4) is 0 Å². The van der Waals surface area contributed by atoms with E-state index in [1.165, 1.54) is 26.0 Å². The Morgan fingerprint density at radius 1 is 1.25 bits per heavy atom. The fourth-order valence-corrected chi connectivity index (χ4v) is 1.90. The molecule has 0 aromatic carbocycles. The summed E-state index contributed by atoms with van der Waals surface area (Å²) in [6.07, 6.45) is 0. The van der Waals surface area contributed by atoms with Gasteiger partial charge in [0.25, 0.3) is 0 Å². The lowest BCUT2D eigenvalue weighted by molar-refractivity contribution is -0.136. The molecule has 0 spiro atoms. The van der Waals surface area contributed by atoms with E-state index in [4.69, 9.17) is 5.11 Å². The summed E-state index contributed by atoms with van der Waals surface area (Å²) in [5.41, 5.74) is 0. The number of aliphatic carboxylic acids is 1. The smallest absolute Gasteiger partial charge is 0.323 e. The van der Waals surface area contributed by atoms with Gasteiger partial charge in [0.05, 0.1) is 6.54 Å². The maximum atomic E-state index is 11.6. The van der Waals surface area contributed by atoms with Crippen LogP contribution < -0.4 is 0 Å². The minimum Gasteiger partial charge on any atom is -0.480 e. The fraction of sp³-hybridized carbons (Fsp3) is 0.750. The first kappa shape index (κ1) is 14.8. The normalized spacial score (nSPS) is 13.6. The Hall–Kier alpha value is -1.15. The molecule has 0 aromatic rings. The molecule has 0 rings (SSSR count). The van der Waals surface area contributed by atoms with E-state index in [2.05, 4.69) is 0 Å². The molecular weight excluding hydrogens is 236 g/mol. The van der Waals surface area contributed by atoms with Gasteiger partial charge in [0.15, 0.2) is 5.25 Å². The highest BCUT2D eigenvalue weighted by Gasteiger charge is 2.32. The Labute approximate surface area is 94.7 Å². The summed E-state index contributed by atoms with van der Waals surface area (Å²) in [7, 11) is 0.175. The average Bonchev–Trinajstić information content (AvgIpc) is 2.15. The molecule has 1 unspecified atom stereocenters. The maximum Gasteiger partial charge on any atom is 0.323 e. The number of rotatable bonds is 5. The number of carboxylic acids is 1. The molecule has 0 aliphatic rings. The predicted octanol–water partition coefficient (Wildman–Crippen LogP) is -1.19. The second-order valence-electron chi connectivity index (χ2n) is 3.57. The Kier molecular flexibility index (Phi) is 4.88. The largest absolute Gasteiger partial charge is 0.480 e. The molecule has 0 aliphatic carbocycles. The van der Waals surface area contributed by atoms with Gasteiger partial charge >= 0.3 is 5.97 Å². The van der Waals surface area contributed by atoms with Crippen molar-refractivity contribution < 1.29 is 23.1 Å². The highest BCUT2D eigenvalue weighted by atomic mass is 32.2. The lowest BCUT2D eigenvalue weighted by atomic mass is 10.5. The fourth-order valence-electron chi connectivity index (χ4n) is 0.819. The third-order valence-corrected chi connectivity index (χ3v) is 4.18. The van der Waals surface area contributed by atoms with Crippen molar-refractivity contribution in [3.63, 3.8) is 0 Å². The molecule has 0 heterocycles. The molecule has 0 saturated heterocycles. The van der Waals surface area contributed by atoms with Crippen molar-refractivity contribution in [2.75, 3.05) is 27.7 Å². The van der Waals surface area contributed by atoms with Crippen LogP contribution in [0.3, 0.4) is 0 Å². The Morgan fingerprint density at radius 2 is 1.69 bits per heavy atom. The summed E-state index contributed by atoms with van der Waals surface area (Å²) in [4.78, 5) is 23.1. The molecule has 1 amide bonds. The minimum atomic E-state index is -3.98. The van der Waals surface area contributed by atoms with Gasteiger partial charge in [-0.15, -0.1) is 0 Å². The van der Waals surface area contributed by atoms with Crippen LogP contribution in [0.1, 0.15) is 6.92 Å². The number of likely N-dealkylation sites (N-methyl/N-ethyl adjacent to an activating group) is 2. The number of hydrogen-bond donors (Lipinski definition) is 1. The topological polar surface area (TPSA) is 95.0 Å². The lowest BCUT2D eigenvalue weighted by Crippen LogP contribution is -2.43. The molecule has 94 valence electrons. The summed E-state index contributed by atoms with van der Waals surface area (Å²) in [6.45, 7) is 0.696. The zero-order valence-corrected chi connectivity index (χ0v) is 10.5. The summed E-state index contributed by atoms with van der Waals surface area (Å²) in [6, 6.07) is 0. The Bertz CT molecular complexity index is 376. The van der Waals surface area contributed by atoms with Crippen molar-refractivity contribution in [1.82, 2.24) is 9.21 Å². The summed E-state index contributed by atoms with van der Waals surface area (Å²) in [5.74, 6) is -1.85. The molecule has 1 atom stereocenters. The average molecular weight is 252 g/mol. The van der Waals surface area contributed by atoms with E-state index in [0.29, 0.717) is 0 Å². The van der Waals surface area contributed by atoms with Crippen LogP contribution in [0.5, 0.6) is 0 Å². The standard InChI is InChI=1S/C8H16N2O5S/c1-6(8(12)13)16(14,15)10(4)5-7(11)9(2)3/h6H,5H2,1-4H3,(H,12,13). The van der Waals surface area contributed by atoms with Gasteiger partial charge in [0.2, 0.25) is 15.9 Å². The molecule has 16 heavy (non-hydrogen) atoms. The quantitative estimate of drug-likeness (QED) is 0.664. The van der Waals surface area contributed by atoms with Crippen LogP contribution in [-0.2, 0) is 19.6 Å². The second-order valence-corrected chi connectivity index (χ2v) is 5.93. The number of nitrogens with zero attached hydrogens (tertiary/aromatic N) is 2. The van der Waals surface area contributed by atoms with Gasteiger partial charge in [-0.25, -0.2) is 8.42 Å². The van der Waals surface area contributed by atoms with Crippen LogP contribution in [0.25, 0.3) is 0 Å².